The summed E-state index contributed by atoms with van der Waals surface area (Å²) in [7, 11) is 0. The monoisotopic (exact) mass is 269 g/mol. The number of nitrogens with one attached hydrogen (secondary N) is 1. The van der Waals surface area contributed by atoms with Crippen LogP contribution in [0.1, 0.15) is 33.3 Å². The largest absolute Gasteiger partial charge is 0.316 e. The fourth-order valence-corrected chi connectivity index (χ4v) is 2.06. The Morgan fingerprint density at radius 1 is 1.00 bits per heavy atom. The summed E-state index contributed by atoms with van der Waals surface area (Å²) in [6.45, 7) is 10.5. The standard InChI is InChI=1S/C16H25F2N/c1-11(2)9-19-10-13(4)12(3)8-14-6-5-7-15(17)16(14)18/h5-7,11-13,19H,8-10H2,1-4H3. The van der Waals surface area contributed by atoms with Crippen LogP contribution >= 0.6 is 0 Å². The average molecular weight is 269 g/mol. The second-order valence-corrected chi connectivity index (χ2v) is 5.92. The van der Waals surface area contributed by atoms with Crippen molar-refractivity contribution < 1.29 is 8.78 Å². The van der Waals surface area contributed by atoms with Crippen LogP contribution in [0.25, 0.3) is 0 Å². The molecular weight excluding hydrogens is 244 g/mol. The summed E-state index contributed by atoms with van der Waals surface area (Å²) in [5.74, 6) is -0.0764. The van der Waals surface area contributed by atoms with Gasteiger partial charge in [0.05, 0.1) is 0 Å². The van der Waals surface area contributed by atoms with E-state index in [1.54, 1.807) is 12.1 Å². The molecular formula is C16H25F2N. The maximum atomic E-state index is 13.6. The molecule has 0 aliphatic rings. The Labute approximate surface area is 115 Å². The van der Waals surface area contributed by atoms with Crippen molar-refractivity contribution in [3.05, 3.63) is 35.4 Å². The predicted molar refractivity (Wildman–Crippen MR) is 76.1 cm³/mol. The average Bonchev–Trinajstić information content (AvgIpc) is 2.34. The Morgan fingerprint density at radius 3 is 2.32 bits per heavy atom. The van der Waals surface area contributed by atoms with Gasteiger partial charge in [0.2, 0.25) is 0 Å². The van der Waals surface area contributed by atoms with Crippen molar-refractivity contribution in [3.63, 3.8) is 0 Å². The van der Waals surface area contributed by atoms with Crippen molar-refractivity contribution in [3.8, 4) is 0 Å². The minimum absolute atomic E-state index is 0.316. The number of halogens is 2. The minimum Gasteiger partial charge on any atom is -0.316 e. The third kappa shape index (κ3) is 5.27. The van der Waals surface area contributed by atoms with Crippen LogP contribution in [0, 0.1) is 29.4 Å². The molecule has 0 aliphatic heterocycles. The molecule has 0 saturated heterocycles. The molecule has 1 nitrogen and oxygen atoms in total. The fraction of sp³-hybridized carbons (Fsp3) is 0.625. The zero-order valence-corrected chi connectivity index (χ0v) is 12.3. The maximum Gasteiger partial charge on any atom is 0.162 e. The lowest BCUT2D eigenvalue weighted by atomic mass is 9.89. The molecule has 1 N–H and O–H groups in total. The first-order valence-corrected chi connectivity index (χ1v) is 7.05. The first-order valence-electron chi connectivity index (χ1n) is 7.05. The Hall–Kier alpha value is -0.960. The van der Waals surface area contributed by atoms with Gasteiger partial charge in [0, 0.05) is 0 Å². The quantitative estimate of drug-likeness (QED) is 0.788. The van der Waals surface area contributed by atoms with E-state index in [1.807, 2.05) is 0 Å². The molecule has 1 rings (SSSR count). The zero-order chi connectivity index (χ0) is 14.4. The molecule has 108 valence electrons. The fourth-order valence-electron chi connectivity index (χ4n) is 2.06. The molecule has 0 fully saturated rings. The van der Waals surface area contributed by atoms with E-state index in [0.29, 0.717) is 29.7 Å². The topological polar surface area (TPSA) is 12.0 Å². The lowest BCUT2D eigenvalue weighted by Gasteiger charge is -2.21. The summed E-state index contributed by atoms with van der Waals surface area (Å²) in [5.41, 5.74) is 0.475. The van der Waals surface area contributed by atoms with Gasteiger partial charge in [-0.05, 0) is 48.9 Å². The molecule has 2 atom stereocenters. The number of hydrogen-bond acceptors (Lipinski definition) is 1. The molecule has 1 aromatic carbocycles. The lowest BCUT2D eigenvalue weighted by molar-refractivity contribution is 0.352. The van der Waals surface area contributed by atoms with E-state index >= 15 is 0 Å². The van der Waals surface area contributed by atoms with Gasteiger partial charge < -0.3 is 5.32 Å². The first-order chi connectivity index (χ1) is 8.91. The Kier molecular flexibility index (Phi) is 6.43. The maximum absolute atomic E-state index is 13.6. The Balaban J connectivity index is 2.49. The minimum atomic E-state index is -0.754. The molecule has 19 heavy (non-hydrogen) atoms. The van der Waals surface area contributed by atoms with Gasteiger partial charge in [-0.2, -0.15) is 0 Å². The van der Waals surface area contributed by atoms with Crippen LogP contribution in [0.5, 0.6) is 0 Å². The third-order valence-corrected chi connectivity index (χ3v) is 3.56. The molecule has 1 aromatic rings. The van der Waals surface area contributed by atoms with Crippen LogP contribution in [-0.2, 0) is 6.42 Å². The second-order valence-electron chi connectivity index (χ2n) is 5.92. The van der Waals surface area contributed by atoms with Crippen LogP contribution < -0.4 is 5.32 Å². The molecule has 0 saturated carbocycles. The first kappa shape index (κ1) is 16.1. The summed E-state index contributed by atoms with van der Waals surface area (Å²) in [6.07, 6.45) is 0.577. The molecule has 3 heteroatoms. The van der Waals surface area contributed by atoms with Crippen LogP contribution in [-0.4, -0.2) is 13.1 Å². The number of rotatable bonds is 7. The summed E-state index contributed by atoms with van der Waals surface area (Å²) < 4.78 is 26.7. The summed E-state index contributed by atoms with van der Waals surface area (Å²) in [4.78, 5) is 0. The second kappa shape index (κ2) is 7.59. The van der Waals surface area contributed by atoms with Gasteiger partial charge in [0.1, 0.15) is 0 Å². The van der Waals surface area contributed by atoms with E-state index in [4.69, 9.17) is 0 Å². The van der Waals surface area contributed by atoms with Crippen molar-refractivity contribution in [2.45, 2.75) is 34.1 Å². The van der Waals surface area contributed by atoms with Gasteiger partial charge in [-0.15, -0.1) is 0 Å². The van der Waals surface area contributed by atoms with E-state index in [-0.39, 0.29) is 0 Å². The number of hydrogen-bond donors (Lipinski definition) is 1. The van der Waals surface area contributed by atoms with E-state index in [9.17, 15) is 8.78 Å². The third-order valence-electron chi connectivity index (χ3n) is 3.56. The highest BCUT2D eigenvalue weighted by atomic mass is 19.2. The molecule has 0 aromatic heterocycles. The van der Waals surface area contributed by atoms with Gasteiger partial charge in [-0.25, -0.2) is 8.78 Å². The highest BCUT2D eigenvalue weighted by Gasteiger charge is 2.16. The van der Waals surface area contributed by atoms with Crippen molar-refractivity contribution in [2.75, 3.05) is 13.1 Å². The normalized spacial score (nSPS) is 14.7. The molecule has 0 amide bonds. The van der Waals surface area contributed by atoms with Crippen molar-refractivity contribution in [1.82, 2.24) is 5.32 Å². The Morgan fingerprint density at radius 2 is 1.68 bits per heavy atom. The summed E-state index contributed by atoms with van der Waals surface area (Å²) in [5, 5.41) is 3.41. The van der Waals surface area contributed by atoms with E-state index < -0.39 is 11.6 Å². The van der Waals surface area contributed by atoms with E-state index in [1.165, 1.54) is 0 Å². The SMILES string of the molecule is CC(C)CNCC(C)C(C)Cc1cccc(F)c1F. The van der Waals surface area contributed by atoms with Crippen molar-refractivity contribution >= 4 is 0 Å². The van der Waals surface area contributed by atoms with Gasteiger partial charge in [0.15, 0.2) is 11.6 Å². The van der Waals surface area contributed by atoms with Gasteiger partial charge in [-0.1, -0.05) is 39.8 Å². The summed E-state index contributed by atoms with van der Waals surface area (Å²) in [6, 6.07) is 4.41. The Bertz CT molecular complexity index is 390. The van der Waals surface area contributed by atoms with Gasteiger partial charge >= 0.3 is 0 Å². The van der Waals surface area contributed by atoms with Crippen LogP contribution in [0.4, 0.5) is 8.78 Å². The molecule has 0 radical (unpaired) electrons. The molecule has 0 bridgehead atoms. The van der Waals surface area contributed by atoms with Crippen molar-refractivity contribution in [2.24, 2.45) is 17.8 Å². The molecule has 2 unspecified atom stereocenters. The van der Waals surface area contributed by atoms with Crippen LogP contribution in [0.2, 0.25) is 0 Å². The van der Waals surface area contributed by atoms with Gasteiger partial charge in [-0.3, -0.25) is 0 Å². The molecule has 0 heterocycles. The molecule has 0 spiro atoms. The zero-order valence-electron chi connectivity index (χ0n) is 12.3. The lowest BCUT2D eigenvalue weighted by Crippen LogP contribution is -2.29. The van der Waals surface area contributed by atoms with Crippen molar-refractivity contribution in [1.29, 1.82) is 0 Å². The van der Waals surface area contributed by atoms with Gasteiger partial charge in [0.25, 0.3) is 0 Å². The number of benzene rings is 1. The molecule has 0 aliphatic carbocycles. The smallest absolute Gasteiger partial charge is 0.162 e. The predicted octanol–water partition coefficient (Wildman–Crippen LogP) is 4.03. The van der Waals surface area contributed by atoms with E-state index in [2.05, 4.69) is 33.0 Å². The van der Waals surface area contributed by atoms with Crippen LogP contribution in [0.3, 0.4) is 0 Å². The van der Waals surface area contributed by atoms with Crippen LogP contribution in [0.15, 0.2) is 18.2 Å². The summed E-state index contributed by atoms with van der Waals surface area (Å²) >= 11 is 0. The highest BCUT2D eigenvalue weighted by Crippen LogP contribution is 2.20. The van der Waals surface area contributed by atoms with E-state index in [0.717, 1.165) is 19.2 Å². The highest BCUT2D eigenvalue weighted by molar-refractivity contribution is 5.19.